The topological polar surface area (TPSA) is 64.4 Å². The molecule has 1 aliphatic heterocycles. The minimum absolute atomic E-state index is 0.328. The summed E-state index contributed by atoms with van der Waals surface area (Å²) < 4.78 is 36.8. The molecule has 6 heteroatoms. The van der Waals surface area contributed by atoms with Gasteiger partial charge in [0, 0.05) is 12.6 Å². The molecule has 0 bridgehead atoms. The van der Waals surface area contributed by atoms with Crippen LogP contribution in [0.1, 0.15) is 13.3 Å². The Bertz CT molecular complexity index is 275. The lowest BCUT2D eigenvalue weighted by atomic mass is 9.92. The molecule has 74 valence electrons. The van der Waals surface area contributed by atoms with Gasteiger partial charge in [0.05, 0.1) is 11.1 Å². The molecule has 0 spiro atoms. The minimum atomic E-state index is -4.44. The van der Waals surface area contributed by atoms with Gasteiger partial charge in [0.2, 0.25) is 0 Å². The molecule has 4 N–H and O–H groups in total. The van der Waals surface area contributed by atoms with Crippen LogP contribution in [0.4, 0.5) is 13.2 Å². The third-order valence-electron chi connectivity index (χ3n) is 1.71. The molecule has 0 aromatic heterocycles. The van der Waals surface area contributed by atoms with E-state index in [1.165, 1.54) is 13.1 Å². The van der Waals surface area contributed by atoms with Gasteiger partial charge in [0.25, 0.3) is 0 Å². The Hall–Kier alpha value is -1.04. The van der Waals surface area contributed by atoms with Crippen LogP contribution in [0.2, 0.25) is 0 Å². The van der Waals surface area contributed by atoms with E-state index in [9.17, 15) is 13.2 Å². The van der Waals surface area contributed by atoms with Crippen LogP contribution in [0.5, 0.6) is 0 Å². The number of hydrogen-bond acceptors (Lipinski definition) is 3. The van der Waals surface area contributed by atoms with Crippen LogP contribution < -0.4 is 11.5 Å². The fraction of sp³-hybridized carbons (Fsp3) is 0.571. The van der Waals surface area contributed by atoms with Crippen molar-refractivity contribution < 1.29 is 13.2 Å². The third kappa shape index (κ3) is 2.21. The largest absolute Gasteiger partial charge is 0.416 e. The van der Waals surface area contributed by atoms with E-state index < -0.39 is 23.1 Å². The first-order valence-corrected chi connectivity index (χ1v) is 3.62. The summed E-state index contributed by atoms with van der Waals surface area (Å²) in [4.78, 5) is 3.42. The number of alkyl halides is 3. The minimum Gasteiger partial charge on any atom is -0.383 e. The SMILES string of the molecule is CC1(N)C=NC(N)=C(C(F)(F)F)C1. The van der Waals surface area contributed by atoms with Gasteiger partial charge in [-0.25, -0.2) is 4.99 Å². The van der Waals surface area contributed by atoms with Gasteiger partial charge in [0.15, 0.2) is 0 Å². The third-order valence-corrected chi connectivity index (χ3v) is 1.71. The van der Waals surface area contributed by atoms with E-state index in [2.05, 4.69) is 4.99 Å². The monoisotopic (exact) mass is 193 g/mol. The van der Waals surface area contributed by atoms with Gasteiger partial charge >= 0.3 is 6.18 Å². The van der Waals surface area contributed by atoms with Crippen LogP contribution in [0.3, 0.4) is 0 Å². The number of nitrogens with two attached hydrogens (primary N) is 2. The standard InChI is InChI=1S/C7H10F3N3/c1-6(12)2-4(7(8,9)10)5(11)13-3-6/h3H,2,11-12H2,1H3. The van der Waals surface area contributed by atoms with Gasteiger partial charge in [-0.3, -0.25) is 0 Å². The number of aliphatic imine (C=N–C) groups is 1. The van der Waals surface area contributed by atoms with Crippen LogP contribution in [-0.4, -0.2) is 17.9 Å². The van der Waals surface area contributed by atoms with E-state index in [-0.39, 0.29) is 6.42 Å². The fourth-order valence-corrected chi connectivity index (χ4v) is 1.06. The van der Waals surface area contributed by atoms with Crippen molar-refractivity contribution in [2.75, 3.05) is 0 Å². The Morgan fingerprint density at radius 2 is 2.08 bits per heavy atom. The number of nitrogens with zero attached hydrogens (tertiary/aromatic N) is 1. The summed E-state index contributed by atoms with van der Waals surface area (Å²) in [7, 11) is 0. The smallest absolute Gasteiger partial charge is 0.383 e. The highest BCUT2D eigenvalue weighted by molar-refractivity contribution is 5.72. The second-order valence-corrected chi connectivity index (χ2v) is 3.30. The van der Waals surface area contributed by atoms with E-state index in [4.69, 9.17) is 11.5 Å². The van der Waals surface area contributed by atoms with E-state index in [1.807, 2.05) is 0 Å². The normalized spacial score (nSPS) is 29.6. The molecule has 3 nitrogen and oxygen atoms in total. The summed E-state index contributed by atoms with van der Waals surface area (Å²) in [6.07, 6.45) is -3.54. The molecule has 1 atom stereocenters. The predicted molar refractivity (Wildman–Crippen MR) is 43.0 cm³/mol. The van der Waals surface area contributed by atoms with E-state index in [1.54, 1.807) is 0 Å². The van der Waals surface area contributed by atoms with Gasteiger partial charge in [-0.1, -0.05) is 0 Å². The van der Waals surface area contributed by atoms with E-state index in [0.717, 1.165) is 0 Å². The molecule has 0 saturated carbocycles. The highest BCUT2D eigenvalue weighted by Gasteiger charge is 2.40. The van der Waals surface area contributed by atoms with Crippen molar-refractivity contribution in [1.29, 1.82) is 0 Å². The molecule has 0 aromatic carbocycles. The zero-order valence-electron chi connectivity index (χ0n) is 7.02. The Kier molecular flexibility index (Phi) is 2.11. The highest BCUT2D eigenvalue weighted by Crippen LogP contribution is 2.34. The Morgan fingerprint density at radius 3 is 2.46 bits per heavy atom. The van der Waals surface area contributed by atoms with Gasteiger partial charge in [0.1, 0.15) is 5.82 Å². The summed E-state index contributed by atoms with van der Waals surface area (Å²) in [5.74, 6) is -0.490. The maximum atomic E-state index is 12.3. The first kappa shape index (κ1) is 10.0. The van der Waals surface area contributed by atoms with Gasteiger partial charge in [-0.05, 0) is 6.92 Å². The molecule has 0 aliphatic carbocycles. The Morgan fingerprint density at radius 1 is 1.54 bits per heavy atom. The second-order valence-electron chi connectivity index (χ2n) is 3.30. The van der Waals surface area contributed by atoms with Crippen LogP contribution in [0.25, 0.3) is 0 Å². The first-order chi connectivity index (χ1) is 5.72. The molecule has 0 fully saturated rings. The predicted octanol–water partition coefficient (Wildman–Crippen LogP) is 0.911. The van der Waals surface area contributed by atoms with Crippen molar-refractivity contribution in [1.82, 2.24) is 0 Å². The lowest BCUT2D eigenvalue weighted by Gasteiger charge is -2.26. The molecule has 13 heavy (non-hydrogen) atoms. The van der Waals surface area contributed by atoms with E-state index in [0.29, 0.717) is 0 Å². The average molecular weight is 193 g/mol. The van der Waals surface area contributed by atoms with Crippen molar-refractivity contribution in [3.63, 3.8) is 0 Å². The molecule has 1 aliphatic rings. The lowest BCUT2D eigenvalue weighted by molar-refractivity contribution is -0.0961. The first-order valence-electron chi connectivity index (χ1n) is 3.62. The average Bonchev–Trinajstić information content (AvgIpc) is 1.92. The number of hydrogen-bond donors (Lipinski definition) is 2. The molecule has 1 heterocycles. The zero-order chi connectivity index (χ0) is 10.3. The van der Waals surface area contributed by atoms with Crippen LogP contribution >= 0.6 is 0 Å². The molecule has 1 unspecified atom stereocenters. The van der Waals surface area contributed by atoms with Crippen molar-refractivity contribution >= 4 is 6.21 Å². The van der Waals surface area contributed by atoms with Crippen molar-refractivity contribution in [3.05, 3.63) is 11.4 Å². The summed E-state index contributed by atoms with van der Waals surface area (Å²) >= 11 is 0. The van der Waals surface area contributed by atoms with Crippen LogP contribution in [-0.2, 0) is 0 Å². The summed E-state index contributed by atoms with van der Waals surface area (Å²) in [6.45, 7) is 1.47. The summed E-state index contributed by atoms with van der Waals surface area (Å²) in [6, 6.07) is 0. The fourth-order valence-electron chi connectivity index (χ4n) is 1.06. The Balaban J connectivity index is 3.03. The molecule has 0 amide bonds. The van der Waals surface area contributed by atoms with Gasteiger partial charge in [-0.15, -0.1) is 0 Å². The molecular weight excluding hydrogens is 183 g/mol. The quantitative estimate of drug-likeness (QED) is 0.600. The Labute approximate surface area is 73.3 Å². The maximum Gasteiger partial charge on any atom is 0.416 e. The second kappa shape index (κ2) is 2.73. The van der Waals surface area contributed by atoms with Crippen LogP contribution in [0, 0.1) is 0 Å². The van der Waals surface area contributed by atoms with E-state index >= 15 is 0 Å². The molecule has 0 aromatic rings. The van der Waals surface area contributed by atoms with Crippen LogP contribution in [0.15, 0.2) is 16.4 Å². The lowest BCUT2D eigenvalue weighted by Crippen LogP contribution is -2.43. The molecular formula is C7H10F3N3. The number of rotatable bonds is 0. The van der Waals surface area contributed by atoms with Crippen molar-refractivity contribution in [2.24, 2.45) is 16.5 Å². The molecule has 0 saturated heterocycles. The highest BCUT2D eigenvalue weighted by atomic mass is 19.4. The molecule has 1 rings (SSSR count). The van der Waals surface area contributed by atoms with Crippen molar-refractivity contribution in [3.8, 4) is 0 Å². The van der Waals surface area contributed by atoms with Crippen molar-refractivity contribution in [2.45, 2.75) is 25.1 Å². The molecule has 0 radical (unpaired) electrons. The number of halogens is 3. The van der Waals surface area contributed by atoms with Gasteiger partial charge in [-0.2, -0.15) is 13.2 Å². The van der Waals surface area contributed by atoms with Gasteiger partial charge < -0.3 is 11.5 Å². The zero-order valence-corrected chi connectivity index (χ0v) is 7.02. The maximum absolute atomic E-state index is 12.3. The summed E-state index contributed by atoms with van der Waals surface area (Å²) in [5.41, 5.74) is 8.67. The summed E-state index contributed by atoms with van der Waals surface area (Å²) in [5, 5.41) is 0.